The third-order valence-corrected chi connectivity index (χ3v) is 4.56. The molecule has 4 rings (SSSR count). The van der Waals surface area contributed by atoms with Crippen LogP contribution in [0.5, 0.6) is 0 Å². The van der Waals surface area contributed by atoms with Crippen molar-refractivity contribution in [2.24, 2.45) is 12.2 Å². The normalized spacial score (nSPS) is 11.8. The monoisotopic (exact) mass is 345 g/mol. The van der Waals surface area contributed by atoms with Gasteiger partial charge >= 0.3 is 0 Å². The van der Waals surface area contributed by atoms with Gasteiger partial charge in [0.2, 0.25) is 0 Å². The number of aromatic nitrogens is 4. The summed E-state index contributed by atoms with van der Waals surface area (Å²) in [6.07, 6.45) is 4.11. The second-order valence-corrected chi connectivity index (χ2v) is 6.40. The van der Waals surface area contributed by atoms with E-state index in [9.17, 15) is 0 Å². The van der Waals surface area contributed by atoms with E-state index < -0.39 is 0 Å². The molecule has 0 aliphatic carbocycles. The molecule has 0 aliphatic rings. The van der Waals surface area contributed by atoms with Crippen molar-refractivity contribution in [1.29, 1.82) is 0 Å². The number of aryl methyl sites for hydroxylation is 3. The fraction of sp³-hybridized carbons (Fsp3) is 0.200. The van der Waals surface area contributed by atoms with Crippen LogP contribution in [0, 0.1) is 6.92 Å². The number of hydrogen-bond donors (Lipinski definition) is 1. The number of nitrogens with zero attached hydrogens (tertiary/aromatic N) is 5. The molecule has 0 saturated heterocycles. The maximum absolute atomic E-state index is 8.74. The van der Waals surface area contributed by atoms with Gasteiger partial charge in [-0.25, -0.2) is 15.0 Å². The van der Waals surface area contributed by atoms with E-state index in [0.29, 0.717) is 0 Å². The van der Waals surface area contributed by atoms with E-state index in [0.717, 1.165) is 56.7 Å². The van der Waals surface area contributed by atoms with Gasteiger partial charge in [0.1, 0.15) is 11.2 Å². The Labute approximate surface area is 150 Å². The zero-order chi connectivity index (χ0) is 18.3. The highest BCUT2D eigenvalue weighted by atomic mass is 16.4. The Morgan fingerprint density at radius 2 is 2.00 bits per heavy atom. The maximum Gasteiger partial charge on any atom is 0.161 e. The standard InChI is InChI=1S/C20H19N5O/c1-4-14-9-15-8-13(11-22-26)5-6-16(15)23-18(14)20-24-17-7-12(2)10-21-19(17)25(20)3/h5-11,26H,4H2,1-3H3/b22-11+. The van der Waals surface area contributed by atoms with Gasteiger partial charge in [-0.2, -0.15) is 0 Å². The molecule has 0 spiro atoms. The van der Waals surface area contributed by atoms with Crippen molar-refractivity contribution in [2.45, 2.75) is 20.3 Å². The molecule has 3 aromatic heterocycles. The molecule has 0 unspecified atom stereocenters. The number of rotatable bonds is 3. The number of imidazole rings is 1. The summed E-state index contributed by atoms with van der Waals surface area (Å²) in [5.41, 5.74) is 6.52. The SMILES string of the molecule is CCc1cc2cc(/C=N/O)ccc2nc1-c1nc2cc(C)cnc2n1C. The Hall–Kier alpha value is -3.28. The Morgan fingerprint density at radius 1 is 1.15 bits per heavy atom. The van der Waals surface area contributed by atoms with Crippen molar-refractivity contribution >= 4 is 28.3 Å². The van der Waals surface area contributed by atoms with Crippen LogP contribution < -0.4 is 0 Å². The van der Waals surface area contributed by atoms with Gasteiger partial charge in [-0.3, -0.25) is 0 Å². The minimum atomic E-state index is 0.817. The zero-order valence-electron chi connectivity index (χ0n) is 14.9. The molecule has 1 aromatic carbocycles. The molecule has 1 N–H and O–H groups in total. The molecular formula is C20H19N5O. The maximum atomic E-state index is 8.74. The lowest BCUT2D eigenvalue weighted by atomic mass is 10.0. The van der Waals surface area contributed by atoms with Crippen LogP contribution in [0.3, 0.4) is 0 Å². The lowest BCUT2D eigenvalue weighted by Gasteiger charge is -2.09. The first-order chi connectivity index (χ1) is 12.6. The summed E-state index contributed by atoms with van der Waals surface area (Å²) in [5.74, 6) is 0.817. The highest BCUT2D eigenvalue weighted by Crippen LogP contribution is 2.28. The van der Waals surface area contributed by atoms with E-state index in [1.165, 1.54) is 6.21 Å². The molecule has 130 valence electrons. The van der Waals surface area contributed by atoms with Crippen LogP contribution in [-0.4, -0.2) is 30.9 Å². The van der Waals surface area contributed by atoms with Crippen LogP contribution in [-0.2, 0) is 13.5 Å². The van der Waals surface area contributed by atoms with Crippen LogP contribution in [0.1, 0.15) is 23.6 Å². The molecule has 0 aliphatic heterocycles. The van der Waals surface area contributed by atoms with Gasteiger partial charge in [0.25, 0.3) is 0 Å². The minimum absolute atomic E-state index is 0.817. The average Bonchev–Trinajstić information content (AvgIpc) is 2.96. The first-order valence-corrected chi connectivity index (χ1v) is 8.51. The molecule has 0 bridgehead atoms. The number of fused-ring (bicyclic) bond motifs is 2. The van der Waals surface area contributed by atoms with Crippen molar-refractivity contribution in [3.8, 4) is 11.5 Å². The van der Waals surface area contributed by atoms with E-state index in [1.54, 1.807) is 0 Å². The number of oxime groups is 1. The highest BCUT2D eigenvalue weighted by molar-refractivity contribution is 5.90. The Kier molecular flexibility index (Phi) is 3.88. The highest BCUT2D eigenvalue weighted by Gasteiger charge is 2.16. The van der Waals surface area contributed by atoms with E-state index in [1.807, 2.05) is 49.0 Å². The molecule has 0 saturated carbocycles. The molecule has 6 heteroatoms. The Balaban J connectivity index is 1.96. The van der Waals surface area contributed by atoms with Crippen molar-refractivity contribution in [3.05, 3.63) is 53.2 Å². The summed E-state index contributed by atoms with van der Waals surface area (Å²) in [4.78, 5) is 14.2. The largest absolute Gasteiger partial charge is 0.411 e. The summed E-state index contributed by atoms with van der Waals surface area (Å²) in [6, 6.07) is 9.94. The average molecular weight is 345 g/mol. The zero-order valence-corrected chi connectivity index (χ0v) is 14.9. The van der Waals surface area contributed by atoms with Gasteiger partial charge in [-0.15, -0.1) is 0 Å². The molecule has 4 aromatic rings. The summed E-state index contributed by atoms with van der Waals surface area (Å²) in [5, 5.41) is 12.8. The molecule has 0 amide bonds. The minimum Gasteiger partial charge on any atom is -0.411 e. The Morgan fingerprint density at radius 3 is 2.77 bits per heavy atom. The fourth-order valence-corrected chi connectivity index (χ4v) is 3.24. The molecule has 6 nitrogen and oxygen atoms in total. The summed E-state index contributed by atoms with van der Waals surface area (Å²) in [6.45, 7) is 4.12. The van der Waals surface area contributed by atoms with Crippen LogP contribution in [0.2, 0.25) is 0 Å². The molecule has 0 atom stereocenters. The number of pyridine rings is 2. The fourth-order valence-electron chi connectivity index (χ4n) is 3.24. The van der Waals surface area contributed by atoms with E-state index in [4.69, 9.17) is 15.2 Å². The molecular weight excluding hydrogens is 326 g/mol. The van der Waals surface area contributed by atoms with Crippen molar-refractivity contribution in [3.63, 3.8) is 0 Å². The number of hydrogen-bond acceptors (Lipinski definition) is 5. The smallest absolute Gasteiger partial charge is 0.161 e. The summed E-state index contributed by atoms with van der Waals surface area (Å²) >= 11 is 0. The van der Waals surface area contributed by atoms with Gasteiger partial charge < -0.3 is 9.77 Å². The van der Waals surface area contributed by atoms with Crippen molar-refractivity contribution < 1.29 is 5.21 Å². The van der Waals surface area contributed by atoms with Crippen LogP contribution in [0.15, 0.2) is 41.7 Å². The van der Waals surface area contributed by atoms with Gasteiger partial charge in [-0.05, 0) is 54.3 Å². The van der Waals surface area contributed by atoms with Crippen LogP contribution >= 0.6 is 0 Å². The lowest BCUT2D eigenvalue weighted by Crippen LogP contribution is -2.00. The van der Waals surface area contributed by atoms with Gasteiger partial charge in [0, 0.05) is 18.6 Å². The number of benzene rings is 1. The van der Waals surface area contributed by atoms with Gasteiger partial charge in [-0.1, -0.05) is 18.1 Å². The predicted molar refractivity (Wildman–Crippen MR) is 103 cm³/mol. The molecule has 26 heavy (non-hydrogen) atoms. The summed E-state index contributed by atoms with van der Waals surface area (Å²) < 4.78 is 1.99. The quantitative estimate of drug-likeness (QED) is 0.347. The molecule has 0 fully saturated rings. The van der Waals surface area contributed by atoms with Crippen LogP contribution in [0.4, 0.5) is 0 Å². The van der Waals surface area contributed by atoms with E-state index in [2.05, 4.69) is 23.1 Å². The van der Waals surface area contributed by atoms with E-state index >= 15 is 0 Å². The summed E-state index contributed by atoms with van der Waals surface area (Å²) in [7, 11) is 1.97. The molecule has 3 heterocycles. The third kappa shape index (κ3) is 2.60. The predicted octanol–water partition coefficient (Wildman–Crippen LogP) is 3.86. The van der Waals surface area contributed by atoms with Crippen molar-refractivity contribution in [2.75, 3.05) is 0 Å². The van der Waals surface area contributed by atoms with Gasteiger partial charge in [0.15, 0.2) is 11.5 Å². The van der Waals surface area contributed by atoms with Crippen LogP contribution in [0.25, 0.3) is 33.6 Å². The Bertz CT molecular complexity index is 1160. The first-order valence-electron chi connectivity index (χ1n) is 8.51. The topological polar surface area (TPSA) is 76.2 Å². The second kappa shape index (κ2) is 6.22. The van der Waals surface area contributed by atoms with Crippen molar-refractivity contribution in [1.82, 2.24) is 19.5 Å². The second-order valence-electron chi connectivity index (χ2n) is 6.40. The lowest BCUT2D eigenvalue weighted by molar-refractivity contribution is 0.322. The third-order valence-electron chi connectivity index (χ3n) is 4.56. The van der Waals surface area contributed by atoms with Gasteiger partial charge in [0.05, 0.1) is 11.7 Å². The first kappa shape index (κ1) is 16.2. The van der Waals surface area contributed by atoms with E-state index in [-0.39, 0.29) is 0 Å². The molecule has 0 radical (unpaired) electrons.